The van der Waals surface area contributed by atoms with E-state index in [4.69, 9.17) is 16.0 Å². The molecule has 5 aromatic rings. The molecule has 0 saturated carbocycles. The summed E-state index contributed by atoms with van der Waals surface area (Å²) in [7, 11) is -4.62. The van der Waals surface area contributed by atoms with Crippen molar-refractivity contribution in [2.45, 2.75) is 11.8 Å². The summed E-state index contributed by atoms with van der Waals surface area (Å²) in [6, 6.07) is 16.9. The van der Waals surface area contributed by atoms with Gasteiger partial charge in [-0.25, -0.2) is 4.68 Å². The maximum atomic E-state index is 12.5. The summed E-state index contributed by atoms with van der Waals surface area (Å²) < 4.78 is 32.8. The number of anilines is 2. The van der Waals surface area contributed by atoms with Crippen molar-refractivity contribution in [1.29, 1.82) is 0 Å². The van der Waals surface area contributed by atoms with Gasteiger partial charge in [-0.2, -0.15) is 18.6 Å². The van der Waals surface area contributed by atoms with Gasteiger partial charge in [0.25, 0.3) is 27.1 Å². The Kier molecular flexibility index (Phi) is 11.9. The molecule has 0 atom stereocenters. The van der Waals surface area contributed by atoms with Crippen LogP contribution in [-0.4, -0.2) is 32.6 Å². The van der Waals surface area contributed by atoms with Gasteiger partial charge < -0.3 is 21.7 Å². The normalized spacial score (nSPS) is 11.2. The van der Waals surface area contributed by atoms with Gasteiger partial charge in [-0.15, -0.1) is 10.2 Å². The summed E-state index contributed by atoms with van der Waals surface area (Å²) in [5.41, 5.74) is 10.1. The first-order valence-corrected chi connectivity index (χ1v) is 14.8. The van der Waals surface area contributed by atoms with Gasteiger partial charge in [-0.1, -0.05) is 35.8 Å². The quantitative estimate of drug-likeness (QED) is 0.0566. The van der Waals surface area contributed by atoms with Crippen molar-refractivity contribution in [3.63, 3.8) is 0 Å². The van der Waals surface area contributed by atoms with Crippen LogP contribution in [0, 0.1) is 27.2 Å². The van der Waals surface area contributed by atoms with E-state index in [2.05, 4.69) is 25.6 Å². The molecule has 0 aliphatic rings. The van der Waals surface area contributed by atoms with Crippen LogP contribution in [0.1, 0.15) is 5.69 Å². The molecule has 0 fully saturated rings. The van der Waals surface area contributed by atoms with E-state index < -0.39 is 41.9 Å². The molecule has 0 bridgehead atoms. The number of rotatable bonds is 8. The minimum atomic E-state index is -4.62. The summed E-state index contributed by atoms with van der Waals surface area (Å²) in [5.74, 6) is -1.28. The molecule has 4 aromatic carbocycles. The molecule has 6 N–H and O–H groups in total. The third-order valence-corrected chi connectivity index (χ3v) is 7.23. The predicted molar refractivity (Wildman–Crippen MR) is 170 cm³/mol. The van der Waals surface area contributed by atoms with Crippen molar-refractivity contribution in [3.05, 3.63) is 115 Å². The number of hydrogen-bond donors (Lipinski definition) is 4. The second-order valence-electron chi connectivity index (χ2n) is 9.70. The second-order valence-corrected chi connectivity index (χ2v) is 11.1. The van der Waals surface area contributed by atoms with Gasteiger partial charge in [-0.05, 0) is 37.3 Å². The van der Waals surface area contributed by atoms with E-state index in [-0.39, 0.29) is 62.9 Å². The Bertz CT molecular complexity index is 2310. The summed E-state index contributed by atoms with van der Waals surface area (Å²) in [4.78, 5) is 31.8. The monoisotopic (exact) mass is 742 g/mol. The zero-order chi connectivity index (χ0) is 36.0. The Labute approximate surface area is 291 Å². The van der Waals surface area contributed by atoms with E-state index in [0.29, 0.717) is 11.4 Å². The zero-order valence-electron chi connectivity index (χ0n) is 25.2. The number of nitrogens with one attached hydrogen (secondary N) is 1. The number of hydrogen-bond acceptors (Lipinski definition) is 15. The number of nitro benzene ring substituents is 2. The number of para-hydroxylation sites is 1. The Hall–Kier alpha value is -6.47. The van der Waals surface area contributed by atoms with Crippen LogP contribution >= 0.6 is 0 Å². The average molecular weight is 743 g/mol. The van der Waals surface area contributed by atoms with Crippen LogP contribution in [0.5, 0.6) is 11.5 Å². The number of nitrogens with two attached hydrogens (primary N) is 2. The van der Waals surface area contributed by atoms with Crippen molar-refractivity contribution in [3.8, 4) is 17.2 Å². The van der Waals surface area contributed by atoms with Gasteiger partial charge in [0.2, 0.25) is 0 Å². The van der Waals surface area contributed by atoms with Gasteiger partial charge in [-0.3, -0.25) is 34.7 Å². The smallest absolute Gasteiger partial charge is 0.871 e. The number of benzene rings is 4. The third kappa shape index (κ3) is 8.91. The van der Waals surface area contributed by atoms with Crippen LogP contribution in [0.3, 0.4) is 0 Å². The van der Waals surface area contributed by atoms with E-state index in [1.807, 2.05) is 6.07 Å². The van der Waals surface area contributed by atoms with Gasteiger partial charge in [0.05, 0.1) is 44.0 Å². The van der Waals surface area contributed by atoms with Crippen LogP contribution < -0.4 is 27.2 Å². The number of nitrogens with zero attached hydrogens (tertiary/aromatic N) is 7. The summed E-state index contributed by atoms with van der Waals surface area (Å²) in [6.07, 6.45) is 0. The molecule has 0 saturated heterocycles. The molecule has 0 aliphatic carbocycles. The predicted octanol–water partition coefficient (Wildman–Crippen LogP) is 4.36. The van der Waals surface area contributed by atoms with E-state index in [9.17, 15) is 43.7 Å². The molecule has 0 unspecified atom stereocenters. The fourth-order valence-electron chi connectivity index (χ4n) is 3.94. The Morgan fingerprint density at radius 2 is 1.34 bits per heavy atom. The summed E-state index contributed by atoms with van der Waals surface area (Å²) >= 11 is 0. The SMILES string of the molecule is Cc1[nH]n(-c2ccccc2)c(=O)c1N=Nc1ccc([N+](=O)[O-])cc1[O-].Nc1cc(N)c(S(=O)(=O)O)cc1N=Nc1cc([N+](=O)[O-])ccc1[O-].[Cr+3]. The number of nitro groups is 2. The maximum Gasteiger partial charge on any atom is 3.00 e. The van der Waals surface area contributed by atoms with E-state index >= 15 is 0 Å². The molecule has 1 radical (unpaired) electrons. The molecule has 255 valence electrons. The fourth-order valence-corrected chi connectivity index (χ4v) is 4.55. The number of aromatic amines is 1. The molecule has 5 rings (SSSR count). The summed E-state index contributed by atoms with van der Waals surface area (Å²) in [5, 5.41) is 62.4. The molecule has 0 aliphatic heterocycles. The van der Waals surface area contributed by atoms with Crippen molar-refractivity contribution in [1.82, 2.24) is 9.78 Å². The molecule has 0 spiro atoms. The van der Waals surface area contributed by atoms with Crippen LogP contribution in [0.2, 0.25) is 0 Å². The Balaban J connectivity index is 0.000000265. The minimum absolute atomic E-state index is 0. The maximum absolute atomic E-state index is 12.5. The van der Waals surface area contributed by atoms with Crippen LogP contribution in [0.4, 0.5) is 45.5 Å². The zero-order valence-corrected chi connectivity index (χ0v) is 27.3. The molecule has 50 heavy (non-hydrogen) atoms. The molecule has 1 heterocycles. The van der Waals surface area contributed by atoms with Crippen molar-refractivity contribution >= 4 is 55.6 Å². The standard InChI is InChI=1S/C16H13N5O4.C12H11N5O6S.Cr/c1-10-15(16(23)20(19-10)11-5-3-2-4-6-11)18-17-13-8-7-12(21(24)25)9-14(13)22;13-7-4-8(14)12(24(21,22)23)5-9(7)15-16-10-3-6(17(19)20)1-2-11(10)18;/h2-9,19,22H,1H3;1-5,18H,13-14H2,(H,21,22,23);/q;;+3/p-2. The van der Waals surface area contributed by atoms with Crippen molar-refractivity contribution in [2.24, 2.45) is 20.5 Å². The molecule has 1 aromatic heterocycles. The molecule has 20 nitrogen and oxygen atoms in total. The largest absolute Gasteiger partial charge is 3.00 e. The first-order valence-electron chi connectivity index (χ1n) is 13.3. The Morgan fingerprint density at radius 3 is 1.94 bits per heavy atom. The summed E-state index contributed by atoms with van der Waals surface area (Å²) in [6.45, 7) is 1.66. The topological polar surface area (TPSA) is 326 Å². The average Bonchev–Trinajstić information content (AvgIpc) is 3.33. The Morgan fingerprint density at radius 1 is 0.760 bits per heavy atom. The number of H-pyrrole nitrogens is 1. The second kappa shape index (κ2) is 15.6. The fraction of sp³-hybridized carbons (Fsp3) is 0.0357. The molecule has 22 heteroatoms. The first kappa shape index (κ1) is 38.0. The number of aryl methyl sites for hydroxylation is 1. The van der Waals surface area contributed by atoms with Gasteiger partial charge in [0.15, 0.2) is 5.69 Å². The number of azo groups is 2. The van der Waals surface area contributed by atoms with Gasteiger partial charge in [0, 0.05) is 24.3 Å². The van der Waals surface area contributed by atoms with Crippen molar-refractivity contribution < 1.29 is 50.4 Å². The third-order valence-electron chi connectivity index (χ3n) is 6.32. The number of aromatic nitrogens is 2. The van der Waals surface area contributed by atoms with Gasteiger partial charge in [0.1, 0.15) is 10.6 Å². The van der Waals surface area contributed by atoms with Crippen LogP contribution in [0.25, 0.3) is 5.69 Å². The number of nitrogen functional groups attached to an aromatic ring is 2. The van der Waals surface area contributed by atoms with Crippen molar-refractivity contribution in [2.75, 3.05) is 11.5 Å². The van der Waals surface area contributed by atoms with Crippen LogP contribution in [-0.2, 0) is 27.5 Å². The molecular formula is C28H22CrN10O10S+. The molecular weight excluding hydrogens is 720 g/mol. The van der Waals surface area contributed by atoms with Crippen LogP contribution in [0.15, 0.2) is 109 Å². The van der Waals surface area contributed by atoms with E-state index in [0.717, 1.165) is 42.5 Å². The van der Waals surface area contributed by atoms with E-state index in [1.54, 1.807) is 31.2 Å². The van der Waals surface area contributed by atoms with Gasteiger partial charge >= 0.3 is 17.4 Å². The van der Waals surface area contributed by atoms with E-state index in [1.165, 1.54) is 10.7 Å². The minimum Gasteiger partial charge on any atom is -0.871 e. The first-order chi connectivity index (χ1) is 23.1. The molecule has 0 amide bonds. The number of non-ortho nitro benzene ring substituents is 2.